The summed E-state index contributed by atoms with van der Waals surface area (Å²) < 4.78 is 0.566. The zero-order valence-electron chi connectivity index (χ0n) is 15.4. The molecule has 132 valence electrons. The maximum atomic E-state index is 10.9. The number of likely N-dealkylation sites (N-methyl/N-ethyl adjacent to an activating group) is 1. The second-order valence-electron chi connectivity index (χ2n) is 7.80. The van der Waals surface area contributed by atoms with Crippen LogP contribution >= 0.6 is 0 Å². The lowest BCUT2D eigenvalue weighted by Crippen LogP contribution is -2.58. The molecule has 4 heteroatoms. The van der Waals surface area contributed by atoms with E-state index in [1.165, 1.54) is 38.5 Å². The molecule has 0 amide bonds. The summed E-state index contributed by atoms with van der Waals surface area (Å²) in [6.45, 7) is 3.85. The first-order chi connectivity index (χ1) is 10.1. The molecule has 4 nitrogen and oxygen atoms in total. The lowest BCUT2D eigenvalue weighted by Gasteiger charge is -2.43. The fourth-order valence-corrected chi connectivity index (χ4v) is 3.41. The molecule has 0 aromatic rings. The van der Waals surface area contributed by atoms with Gasteiger partial charge >= 0.3 is 0 Å². The molecule has 0 saturated heterocycles. The van der Waals surface area contributed by atoms with Gasteiger partial charge in [0.2, 0.25) is 0 Å². The third-order valence-electron chi connectivity index (χ3n) is 4.49. The number of carboxylic acid groups (broad SMARTS) is 1. The minimum atomic E-state index is -1.22. The van der Waals surface area contributed by atoms with Gasteiger partial charge in [-0.2, -0.15) is 0 Å². The van der Waals surface area contributed by atoms with Gasteiger partial charge in [0, 0.05) is 18.8 Å². The van der Waals surface area contributed by atoms with E-state index in [0.717, 1.165) is 19.3 Å². The van der Waals surface area contributed by atoms with E-state index >= 15 is 0 Å². The van der Waals surface area contributed by atoms with Crippen molar-refractivity contribution >= 4 is 5.97 Å². The van der Waals surface area contributed by atoms with Crippen molar-refractivity contribution in [3.63, 3.8) is 0 Å². The molecule has 0 aliphatic heterocycles. The number of hydrogen-bond acceptors (Lipinski definition) is 3. The van der Waals surface area contributed by atoms with Crippen LogP contribution in [-0.2, 0) is 4.79 Å². The Labute approximate surface area is 137 Å². The first-order valence-corrected chi connectivity index (χ1v) is 8.84. The molecular formula is C18H37NO3. The van der Waals surface area contributed by atoms with Crippen molar-refractivity contribution < 1.29 is 19.5 Å². The molecule has 0 aromatic heterocycles. The Hall–Kier alpha value is -0.610. The van der Waals surface area contributed by atoms with Crippen molar-refractivity contribution in [2.24, 2.45) is 0 Å². The summed E-state index contributed by atoms with van der Waals surface area (Å²) in [4.78, 5) is 10.9. The third kappa shape index (κ3) is 9.42. The normalized spacial score (nSPS) is 16.3. The largest absolute Gasteiger partial charge is 0.550 e. The number of carbonyl (C=O) groups is 1. The van der Waals surface area contributed by atoms with Crippen LogP contribution in [0.4, 0.5) is 0 Å². The molecule has 0 spiro atoms. The van der Waals surface area contributed by atoms with Crippen LogP contribution in [0.2, 0.25) is 0 Å². The highest BCUT2D eigenvalue weighted by Gasteiger charge is 2.40. The van der Waals surface area contributed by atoms with Gasteiger partial charge in [-0.25, -0.2) is 0 Å². The molecular weight excluding hydrogens is 278 g/mol. The Morgan fingerprint density at radius 2 is 1.50 bits per heavy atom. The highest BCUT2D eigenvalue weighted by molar-refractivity contribution is 5.65. The van der Waals surface area contributed by atoms with Crippen molar-refractivity contribution in [1.82, 2.24) is 0 Å². The number of carbonyl (C=O) groups excluding carboxylic acids is 1. The summed E-state index contributed by atoms with van der Waals surface area (Å²) in [6, 6.07) is -0.0921. The minimum absolute atomic E-state index is 0.0921. The summed E-state index contributed by atoms with van der Waals surface area (Å²) >= 11 is 0. The summed E-state index contributed by atoms with van der Waals surface area (Å²) in [6.07, 6.45) is 10.5. The van der Waals surface area contributed by atoms with E-state index in [1.54, 1.807) is 6.92 Å². The SMILES string of the molecule is CCCCCCCCCCC(C(C)(O)CC(=O)[O-])[N+](C)(C)C. The molecule has 0 saturated carbocycles. The van der Waals surface area contributed by atoms with Gasteiger partial charge in [-0.15, -0.1) is 0 Å². The van der Waals surface area contributed by atoms with E-state index in [0.29, 0.717) is 4.48 Å². The van der Waals surface area contributed by atoms with E-state index in [4.69, 9.17) is 0 Å². The maximum Gasteiger partial charge on any atom is 0.119 e. The fourth-order valence-electron chi connectivity index (χ4n) is 3.41. The Morgan fingerprint density at radius 3 is 1.91 bits per heavy atom. The van der Waals surface area contributed by atoms with Crippen LogP contribution in [0.15, 0.2) is 0 Å². The number of aliphatic hydroxyl groups is 1. The highest BCUT2D eigenvalue weighted by Crippen LogP contribution is 2.27. The average molecular weight is 315 g/mol. The maximum absolute atomic E-state index is 10.9. The van der Waals surface area contributed by atoms with Gasteiger partial charge in [0.05, 0.1) is 21.1 Å². The monoisotopic (exact) mass is 315 g/mol. The van der Waals surface area contributed by atoms with Crippen LogP contribution in [0.1, 0.15) is 78.1 Å². The molecule has 0 radical (unpaired) electrons. The highest BCUT2D eigenvalue weighted by atomic mass is 16.4. The van der Waals surface area contributed by atoms with Crippen LogP contribution in [0.5, 0.6) is 0 Å². The number of aliphatic carboxylic acids is 1. The first-order valence-electron chi connectivity index (χ1n) is 8.84. The molecule has 2 atom stereocenters. The van der Waals surface area contributed by atoms with E-state index in [2.05, 4.69) is 6.92 Å². The summed E-state index contributed by atoms with van der Waals surface area (Å²) in [5.74, 6) is -1.18. The molecule has 0 bridgehead atoms. The molecule has 0 aliphatic rings. The van der Waals surface area contributed by atoms with Gasteiger partial charge in [0.25, 0.3) is 0 Å². The lowest BCUT2D eigenvalue weighted by molar-refractivity contribution is -0.904. The zero-order valence-corrected chi connectivity index (χ0v) is 15.4. The van der Waals surface area contributed by atoms with Crippen LogP contribution in [-0.4, -0.2) is 48.3 Å². The van der Waals surface area contributed by atoms with Crippen LogP contribution < -0.4 is 5.11 Å². The van der Waals surface area contributed by atoms with Crippen LogP contribution in [0, 0.1) is 0 Å². The number of quaternary nitrogens is 1. The third-order valence-corrected chi connectivity index (χ3v) is 4.49. The predicted octanol–water partition coefficient (Wildman–Crippen LogP) is 2.48. The van der Waals surface area contributed by atoms with Gasteiger partial charge in [-0.05, 0) is 13.3 Å². The quantitative estimate of drug-likeness (QED) is 0.419. The number of nitrogens with zero attached hydrogens (tertiary/aromatic N) is 1. The van der Waals surface area contributed by atoms with Gasteiger partial charge in [0.15, 0.2) is 0 Å². The second kappa shape index (κ2) is 10.2. The molecule has 2 unspecified atom stereocenters. The zero-order chi connectivity index (χ0) is 17.2. The fraction of sp³-hybridized carbons (Fsp3) is 0.944. The van der Waals surface area contributed by atoms with Crippen molar-refractivity contribution in [2.45, 2.75) is 89.7 Å². The van der Waals surface area contributed by atoms with E-state index in [1.807, 2.05) is 21.1 Å². The molecule has 22 heavy (non-hydrogen) atoms. The van der Waals surface area contributed by atoms with Crippen LogP contribution in [0.25, 0.3) is 0 Å². The summed E-state index contributed by atoms with van der Waals surface area (Å²) in [5, 5.41) is 21.4. The van der Waals surface area contributed by atoms with Gasteiger partial charge in [-0.3, -0.25) is 0 Å². The van der Waals surface area contributed by atoms with E-state index < -0.39 is 11.6 Å². The Bertz CT molecular complexity index is 308. The van der Waals surface area contributed by atoms with Gasteiger partial charge < -0.3 is 19.5 Å². The number of carboxylic acids is 1. The molecule has 0 aliphatic carbocycles. The van der Waals surface area contributed by atoms with Crippen molar-refractivity contribution in [3.8, 4) is 0 Å². The topological polar surface area (TPSA) is 60.4 Å². The Balaban J connectivity index is 4.20. The predicted molar refractivity (Wildman–Crippen MR) is 89.3 cm³/mol. The van der Waals surface area contributed by atoms with Crippen molar-refractivity contribution in [2.75, 3.05) is 21.1 Å². The van der Waals surface area contributed by atoms with Crippen LogP contribution in [0.3, 0.4) is 0 Å². The minimum Gasteiger partial charge on any atom is -0.550 e. The smallest absolute Gasteiger partial charge is 0.119 e. The molecule has 0 heterocycles. The summed E-state index contributed by atoms with van der Waals surface area (Å²) in [7, 11) is 6.04. The number of hydrogen-bond donors (Lipinski definition) is 1. The van der Waals surface area contributed by atoms with Crippen molar-refractivity contribution in [3.05, 3.63) is 0 Å². The Kier molecular flexibility index (Phi) is 9.94. The first kappa shape index (κ1) is 21.4. The van der Waals surface area contributed by atoms with E-state index in [9.17, 15) is 15.0 Å². The van der Waals surface area contributed by atoms with Gasteiger partial charge in [0.1, 0.15) is 11.6 Å². The molecule has 0 aromatic carbocycles. The standard InChI is InChI=1S/C18H37NO3/c1-6-7-8-9-10-11-12-13-14-16(19(3,4)5)18(2,22)15-17(20)21/h16,22H,6-15H2,1-5H3. The number of unbranched alkanes of at least 4 members (excludes halogenated alkanes) is 7. The molecule has 0 rings (SSSR count). The summed E-state index contributed by atoms with van der Waals surface area (Å²) in [5.41, 5.74) is -1.22. The lowest BCUT2D eigenvalue weighted by atomic mass is 9.86. The number of rotatable bonds is 13. The Morgan fingerprint density at radius 1 is 1.05 bits per heavy atom. The van der Waals surface area contributed by atoms with Crippen molar-refractivity contribution in [1.29, 1.82) is 0 Å². The molecule has 1 N–H and O–H groups in total. The average Bonchev–Trinajstić information content (AvgIpc) is 2.33. The molecule has 0 fully saturated rings. The van der Waals surface area contributed by atoms with Gasteiger partial charge in [-0.1, -0.05) is 51.9 Å². The second-order valence-corrected chi connectivity index (χ2v) is 7.80. The van der Waals surface area contributed by atoms with E-state index in [-0.39, 0.29) is 12.5 Å².